The van der Waals surface area contributed by atoms with Gasteiger partial charge in [-0.1, -0.05) is 18.2 Å². The van der Waals surface area contributed by atoms with Crippen molar-refractivity contribution in [1.29, 1.82) is 0 Å². The Bertz CT molecular complexity index is 932. The van der Waals surface area contributed by atoms with E-state index in [4.69, 9.17) is 4.74 Å². The van der Waals surface area contributed by atoms with Gasteiger partial charge >= 0.3 is 6.03 Å². The quantitative estimate of drug-likeness (QED) is 0.731. The number of carbonyl (C=O) groups excluding carboxylic acids is 3. The Kier molecular flexibility index (Phi) is 6.11. The Morgan fingerprint density at radius 2 is 1.97 bits per heavy atom. The number of nitrogens with one attached hydrogen (secondary N) is 2. The molecule has 3 rings (SSSR count). The van der Waals surface area contributed by atoms with Crippen LogP contribution in [-0.4, -0.2) is 34.8 Å². The zero-order chi connectivity index (χ0) is 21.0. The molecule has 0 saturated carbocycles. The molecule has 1 atom stereocenters. The van der Waals surface area contributed by atoms with Gasteiger partial charge in [-0.05, 0) is 43.7 Å². The summed E-state index contributed by atoms with van der Waals surface area (Å²) in [6.45, 7) is 3.66. The first-order chi connectivity index (χ1) is 13.8. The maximum atomic E-state index is 13.2. The van der Waals surface area contributed by atoms with Gasteiger partial charge in [0.05, 0.1) is 6.42 Å². The molecule has 0 bridgehead atoms. The van der Waals surface area contributed by atoms with Crippen molar-refractivity contribution in [3.05, 3.63) is 59.9 Å². The summed E-state index contributed by atoms with van der Waals surface area (Å²) in [7, 11) is 0. The predicted octanol–water partition coefficient (Wildman–Crippen LogP) is 3.06. The topological polar surface area (TPSA) is 87.7 Å². The van der Waals surface area contributed by atoms with Crippen LogP contribution in [0.1, 0.15) is 25.8 Å². The Balaban J connectivity index is 1.56. The van der Waals surface area contributed by atoms with E-state index in [9.17, 15) is 18.8 Å². The van der Waals surface area contributed by atoms with Crippen molar-refractivity contribution in [2.24, 2.45) is 0 Å². The van der Waals surface area contributed by atoms with Gasteiger partial charge in [0, 0.05) is 17.8 Å². The van der Waals surface area contributed by atoms with Crippen LogP contribution in [0.5, 0.6) is 5.75 Å². The van der Waals surface area contributed by atoms with Gasteiger partial charge in [-0.15, -0.1) is 0 Å². The molecule has 1 aliphatic rings. The molecule has 0 aromatic heterocycles. The minimum absolute atomic E-state index is 0.0543. The number of nitrogens with zero attached hydrogens (tertiary/aromatic N) is 1. The number of halogens is 1. The van der Waals surface area contributed by atoms with E-state index in [1.807, 2.05) is 0 Å². The second-order valence-corrected chi connectivity index (χ2v) is 7.00. The minimum atomic E-state index is -0.877. The number of hydrogen-bond acceptors (Lipinski definition) is 4. The van der Waals surface area contributed by atoms with Gasteiger partial charge in [0.15, 0.2) is 0 Å². The standard InChI is InChI=1S/C21H22FN3O4/c1-13(2)25-19(26)11-18(20(25)27)24-21(28)23-16-7-4-8-17(10-16)29-12-14-5-3-6-15(22)9-14/h3-10,13,18H,11-12H2,1-2H3,(H2,23,24,28)/t18-/m0/s1. The zero-order valence-electron chi connectivity index (χ0n) is 16.1. The average molecular weight is 399 g/mol. The van der Waals surface area contributed by atoms with E-state index >= 15 is 0 Å². The second-order valence-electron chi connectivity index (χ2n) is 7.00. The second kappa shape index (κ2) is 8.72. The number of amides is 4. The first kappa shape index (κ1) is 20.3. The normalized spacial score (nSPS) is 16.3. The highest BCUT2D eigenvalue weighted by molar-refractivity contribution is 6.07. The maximum Gasteiger partial charge on any atom is 0.319 e. The number of imide groups is 1. The van der Waals surface area contributed by atoms with Gasteiger partial charge in [-0.2, -0.15) is 0 Å². The van der Waals surface area contributed by atoms with Crippen LogP contribution in [0, 0.1) is 5.82 Å². The molecule has 152 valence electrons. The van der Waals surface area contributed by atoms with Gasteiger partial charge < -0.3 is 15.4 Å². The van der Waals surface area contributed by atoms with Crippen LogP contribution in [0.2, 0.25) is 0 Å². The van der Waals surface area contributed by atoms with Crippen LogP contribution >= 0.6 is 0 Å². The smallest absolute Gasteiger partial charge is 0.319 e. The summed E-state index contributed by atoms with van der Waals surface area (Å²) in [4.78, 5) is 37.6. The molecule has 0 radical (unpaired) electrons. The summed E-state index contributed by atoms with van der Waals surface area (Å²) in [5.74, 6) is -0.560. The van der Waals surface area contributed by atoms with Crippen LogP contribution in [0.15, 0.2) is 48.5 Å². The van der Waals surface area contributed by atoms with Crippen LogP contribution < -0.4 is 15.4 Å². The van der Waals surface area contributed by atoms with Gasteiger partial charge in [-0.3, -0.25) is 14.5 Å². The lowest BCUT2D eigenvalue weighted by molar-refractivity contribution is -0.140. The number of rotatable bonds is 6. The number of urea groups is 1. The largest absolute Gasteiger partial charge is 0.489 e. The van der Waals surface area contributed by atoms with Gasteiger partial charge in [0.1, 0.15) is 24.2 Å². The summed E-state index contributed by atoms with van der Waals surface area (Å²) in [5.41, 5.74) is 1.14. The number of benzene rings is 2. The van der Waals surface area contributed by atoms with Crippen molar-refractivity contribution in [2.45, 2.75) is 39.0 Å². The van der Waals surface area contributed by atoms with Gasteiger partial charge in [0.2, 0.25) is 5.91 Å². The van der Waals surface area contributed by atoms with E-state index in [1.54, 1.807) is 50.2 Å². The monoisotopic (exact) mass is 399 g/mol. The number of hydrogen-bond donors (Lipinski definition) is 2. The van der Waals surface area contributed by atoms with Crippen molar-refractivity contribution in [1.82, 2.24) is 10.2 Å². The molecule has 0 unspecified atom stereocenters. The third-order valence-corrected chi connectivity index (χ3v) is 4.39. The van der Waals surface area contributed by atoms with E-state index in [-0.39, 0.29) is 30.8 Å². The van der Waals surface area contributed by atoms with E-state index in [0.717, 1.165) is 4.90 Å². The molecule has 2 N–H and O–H groups in total. The molecule has 7 nitrogen and oxygen atoms in total. The lowest BCUT2D eigenvalue weighted by Crippen LogP contribution is -2.45. The van der Waals surface area contributed by atoms with Crippen LogP contribution in [0.3, 0.4) is 0 Å². The first-order valence-electron chi connectivity index (χ1n) is 9.24. The summed E-state index contributed by atoms with van der Waals surface area (Å²) in [6.07, 6.45) is -0.0543. The van der Waals surface area contributed by atoms with Crippen LogP contribution in [0.25, 0.3) is 0 Å². The lowest BCUT2D eigenvalue weighted by Gasteiger charge is -2.19. The van der Waals surface area contributed by atoms with E-state index < -0.39 is 18.0 Å². The summed E-state index contributed by atoms with van der Waals surface area (Å²) in [6, 6.07) is 11.1. The predicted molar refractivity (Wildman–Crippen MR) is 105 cm³/mol. The summed E-state index contributed by atoms with van der Waals surface area (Å²) in [5, 5.41) is 5.16. The molecule has 1 saturated heterocycles. The van der Waals surface area contributed by atoms with E-state index in [2.05, 4.69) is 10.6 Å². The fourth-order valence-corrected chi connectivity index (χ4v) is 3.09. The fraction of sp³-hybridized carbons (Fsp3) is 0.286. The van der Waals surface area contributed by atoms with E-state index in [1.165, 1.54) is 12.1 Å². The SMILES string of the molecule is CC(C)N1C(=O)C[C@H](NC(=O)Nc2cccc(OCc3cccc(F)c3)c2)C1=O. The van der Waals surface area contributed by atoms with Gasteiger partial charge in [0.25, 0.3) is 5.91 Å². The summed E-state index contributed by atoms with van der Waals surface area (Å²) < 4.78 is 18.9. The van der Waals surface area contributed by atoms with E-state index in [0.29, 0.717) is 17.0 Å². The van der Waals surface area contributed by atoms with Crippen molar-refractivity contribution < 1.29 is 23.5 Å². The fourth-order valence-electron chi connectivity index (χ4n) is 3.09. The van der Waals surface area contributed by atoms with Gasteiger partial charge in [-0.25, -0.2) is 9.18 Å². The third-order valence-electron chi connectivity index (χ3n) is 4.39. The van der Waals surface area contributed by atoms with Crippen molar-refractivity contribution >= 4 is 23.5 Å². The molecule has 1 fully saturated rings. The molecule has 0 aliphatic carbocycles. The highest BCUT2D eigenvalue weighted by atomic mass is 19.1. The molecular weight excluding hydrogens is 377 g/mol. The molecule has 1 heterocycles. The Hall–Kier alpha value is -3.42. The average Bonchev–Trinajstić information content (AvgIpc) is 2.93. The number of likely N-dealkylation sites (tertiary alicyclic amines) is 1. The number of ether oxygens (including phenoxy) is 1. The molecule has 4 amide bonds. The molecular formula is C21H22FN3O4. The summed E-state index contributed by atoms with van der Waals surface area (Å²) >= 11 is 0. The molecule has 2 aromatic carbocycles. The molecule has 1 aliphatic heterocycles. The Morgan fingerprint density at radius 1 is 1.21 bits per heavy atom. The van der Waals surface area contributed by atoms with Crippen LogP contribution in [-0.2, 0) is 16.2 Å². The Labute approximate surface area is 167 Å². The van der Waals surface area contributed by atoms with Crippen molar-refractivity contribution in [2.75, 3.05) is 5.32 Å². The molecule has 29 heavy (non-hydrogen) atoms. The molecule has 0 spiro atoms. The molecule has 8 heteroatoms. The zero-order valence-corrected chi connectivity index (χ0v) is 16.1. The van der Waals surface area contributed by atoms with Crippen molar-refractivity contribution in [3.63, 3.8) is 0 Å². The highest BCUT2D eigenvalue weighted by Crippen LogP contribution is 2.20. The lowest BCUT2D eigenvalue weighted by atomic mass is 10.2. The molecule has 2 aromatic rings. The first-order valence-corrected chi connectivity index (χ1v) is 9.24. The number of carbonyl (C=O) groups is 3. The Morgan fingerprint density at radius 3 is 2.66 bits per heavy atom. The van der Waals surface area contributed by atoms with Crippen molar-refractivity contribution in [3.8, 4) is 5.75 Å². The van der Waals surface area contributed by atoms with Crippen LogP contribution in [0.4, 0.5) is 14.9 Å². The third kappa shape index (κ3) is 5.10. The maximum absolute atomic E-state index is 13.2. The highest BCUT2D eigenvalue weighted by Gasteiger charge is 2.40. The number of anilines is 1. The minimum Gasteiger partial charge on any atom is -0.489 e.